The first-order chi connectivity index (χ1) is 16.6. The highest BCUT2D eigenvalue weighted by atomic mass is 19.3. The van der Waals surface area contributed by atoms with Crippen molar-refractivity contribution in [1.29, 1.82) is 0 Å². The molecular weight excluding hydrogens is 438 g/mol. The molecule has 4 rings (SSSR count). The smallest absolute Gasteiger partial charge is 0.387 e. The summed E-state index contributed by atoms with van der Waals surface area (Å²) in [6.07, 6.45) is 5.95. The minimum atomic E-state index is -2.88. The van der Waals surface area contributed by atoms with Crippen LogP contribution >= 0.6 is 0 Å². The molecule has 0 amide bonds. The highest BCUT2D eigenvalue weighted by molar-refractivity contribution is 5.89. The van der Waals surface area contributed by atoms with E-state index in [9.17, 15) is 8.78 Å². The summed E-state index contributed by atoms with van der Waals surface area (Å²) in [5, 5.41) is 0.653. The van der Waals surface area contributed by atoms with Crippen LogP contribution in [0.3, 0.4) is 0 Å². The molecule has 182 valence electrons. The Kier molecular flexibility index (Phi) is 8.52. The van der Waals surface area contributed by atoms with E-state index in [-0.39, 0.29) is 5.75 Å². The summed E-state index contributed by atoms with van der Waals surface area (Å²) in [5.74, 6) is 1.52. The van der Waals surface area contributed by atoms with E-state index < -0.39 is 6.61 Å². The van der Waals surface area contributed by atoms with Crippen LogP contribution in [0.1, 0.15) is 39.0 Å². The van der Waals surface area contributed by atoms with E-state index in [2.05, 4.69) is 16.6 Å². The maximum Gasteiger partial charge on any atom is 0.387 e. The zero-order valence-corrected chi connectivity index (χ0v) is 19.6. The molecule has 7 heteroatoms. The lowest BCUT2D eigenvalue weighted by molar-refractivity contribution is -0.0497. The summed E-state index contributed by atoms with van der Waals surface area (Å²) in [6.45, 7) is 3.38. The van der Waals surface area contributed by atoms with Crippen molar-refractivity contribution in [1.82, 2.24) is 9.88 Å². The van der Waals surface area contributed by atoms with Gasteiger partial charge >= 0.3 is 6.61 Å². The van der Waals surface area contributed by atoms with Crippen molar-refractivity contribution in [3.05, 3.63) is 48.5 Å². The molecule has 0 atom stereocenters. The average molecular weight is 471 g/mol. The van der Waals surface area contributed by atoms with Gasteiger partial charge in [0, 0.05) is 23.6 Å². The van der Waals surface area contributed by atoms with E-state index >= 15 is 0 Å². The third-order valence-electron chi connectivity index (χ3n) is 5.95. The monoisotopic (exact) mass is 470 g/mol. The highest BCUT2D eigenvalue weighted by Crippen LogP contribution is 2.33. The molecule has 1 aromatic heterocycles. The first-order valence-electron chi connectivity index (χ1n) is 12.1. The summed E-state index contributed by atoms with van der Waals surface area (Å²) in [6, 6.07) is 14.4. The van der Waals surface area contributed by atoms with E-state index in [0.29, 0.717) is 29.9 Å². The molecular formula is C27H32F2N2O3. The molecule has 2 heterocycles. The van der Waals surface area contributed by atoms with Gasteiger partial charge in [0.1, 0.15) is 23.9 Å². The molecule has 0 bridgehead atoms. The number of hydrogen-bond donors (Lipinski definition) is 0. The fourth-order valence-corrected chi connectivity index (χ4v) is 4.20. The fraction of sp³-hybridized carbons (Fsp3) is 0.444. The maximum absolute atomic E-state index is 12.8. The number of hydrogen-bond acceptors (Lipinski definition) is 5. The van der Waals surface area contributed by atoms with Gasteiger partial charge in [-0.15, -0.1) is 0 Å². The number of alkyl halides is 2. The molecule has 1 saturated heterocycles. The van der Waals surface area contributed by atoms with Gasteiger partial charge < -0.3 is 14.2 Å². The van der Waals surface area contributed by atoms with E-state index in [0.717, 1.165) is 43.1 Å². The van der Waals surface area contributed by atoms with Crippen LogP contribution in [0.2, 0.25) is 0 Å². The molecule has 0 spiro atoms. The molecule has 0 N–H and O–H groups in total. The van der Waals surface area contributed by atoms with Crippen molar-refractivity contribution in [2.24, 2.45) is 0 Å². The van der Waals surface area contributed by atoms with Gasteiger partial charge in [-0.25, -0.2) is 4.98 Å². The second kappa shape index (κ2) is 12.0. The number of pyridine rings is 1. The second-order valence-corrected chi connectivity index (χ2v) is 8.54. The van der Waals surface area contributed by atoms with Crippen LogP contribution in [-0.2, 0) is 0 Å². The van der Waals surface area contributed by atoms with Crippen molar-refractivity contribution in [3.63, 3.8) is 0 Å². The van der Waals surface area contributed by atoms with Crippen LogP contribution in [-0.4, -0.2) is 49.3 Å². The lowest BCUT2D eigenvalue weighted by Gasteiger charge is -2.20. The highest BCUT2D eigenvalue weighted by Gasteiger charge is 2.14. The van der Waals surface area contributed by atoms with Crippen LogP contribution in [0.5, 0.6) is 17.2 Å². The van der Waals surface area contributed by atoms with E-state index in [1.54, 1.807) is 12.1 Å². The summed E-state index contributed by atoms with van der Waals surface area (Å²) in [7, 11) is 0. The standard InChI is InChI=1S/C27H32F2N2O3/c1-2-16-32-21-9-7-20(8-10-21)25-19-26(33-17-15-31-13-5-3-4-6-14-31)23-18-22(34-27(28)29)11-12-24(23)30-25/h7-12,18-19,27H,2-6,13-17H2,1H3. The molecule has 0 unspecified atom stereocenters. The van der Waals surface area contributed by atoms with E-state index in [4.69, 9.17) is 14.5 Å². The number of nitrogens with zero attached hydrogens (tertiary/aromatic N) is 2. The molecule has 34 heavy (non-hydrogen) atoms. The molecule has 0 saturated carbocycles. The Morgan fingerprint density at radius 2 is 1.62 bits per heavy atom. The SMILES string of the molecule is CCCOc1ccc(-c2cc(OCCN3CCCCCC3)c3cc(OC(F)F)ccc3n2)cc1. The van der Waals surface area contributed by atoms with Crippen LogP contribution in [0.15, 0.2) is 48.5 Å². The van der Waals surface area contributed by atoms with Crippen molar-refractivity contribution in [2.75, 3.05) is 32.8 Å². The van der Waals surface area contributed by atoms with Crippen LogP contribution in [0, 0.1) is 0 Å². The molecule has 1 aliphatic heterocycles. The first-order valence-corrected chi connectivity index (χ1v) is 12.1. The quantitative estimate of drug-likeness (QED) is 0.336. The molecule has 3 aromatic rings. The Bertz CT molecular complexity index is 1050. The minimum absolute atomic E-state index is 0.0897. The number of halogens is 2. The van der Waals surface area contributed by atoms with Gasteiger partial charge in [0.2, 0.25) is 0 Å². The normalized spacial score (nSPS) is 14.8. The summed E-state index contributed by atoms with van der Waals surface area (Å²) in [5.41, 5.74) is 2.34. The van der Waals surface area contributed by atoms with Crippen molar-refractivity contribution < 1.29 is 23.0 Å². The van der Waals surface area contributed by atoms with Crippen molar-refractivity contribution >= 4 is 10.9 Å². The molecule has 5 nitrogen and oxygen atoms in total. The fourth-order valence-electron chi connectivity index (χ4n) is 4.20. The predicted octanol–water partition coefficient (Wildman–Crippen LogP) is 6.55. The number of aromatic nitrogens is 1. The summed E-state index contributed by atoms with van der Waals surface area (Å²) >= 11 is 0. The average Bonchev–Trinajstić information content (AvgIpc) is 3.11. The van der Waals surface area contributed by atoms with Crippen LogP contribution in [0.25, 0.3) is 22.2 Å². The van der Waals surface area contributed by atoms with E-state index in [1.165, 1.54) is 31.7 Å². The summed E-state index contributed by atoms with van der Waals surface area (Å²) < 4.78 is 42.1. The lowest BCUT2D eigenvalue weighted by Crippen LogP contribution is -2.29. The predicted molar refractivity (Wildman–Crippen MR) is 130 cm³/mol. The van der Waals surface area contributed by atoms with Gasteiger partial charge in [-0.05, 0) is 74.8 Å². The summed E-state index contributed by atoms with van der Waals surface area (Å²) in [4.78, 5) is 7.18. The Labute approximate surface area is 199 Å². The number of fused-ring (bicyclic) bond motifs is 1. The van der Waals surface area contributed by atoms with Gasteiger partial charge in [-0.1, -0.05) is 19.8 Å². The molecule has 0 aliphatic carbocycles. The number of benzene rings is 2. The van der Waals surface area contributed by atoms with Gasteiger partial charge in [0.15, 0.2) is 0 Å². The first kappa shape index (κ1) is 24.2. The molecule has 2 aromatic carbocycles. The topological polar surface area (TPSA) is 43.8 Å². The zero-order chi connectivity index (χ0) is 23.8. The Hall–Kier alpha value is -2.93. The van der Waals surface area contributed by atoms with E-state index in [1.807, 2.05) is 30.3 Å². The zero-order valence-electron chi connectivity index (χ0n) is 19.6. The lowest BCUT2D eigenvalue weighted by atomic mass is 10.1. The largest absolute Gasteiger partial charge is 0.494 e. The van der Waals surface area contributed by atoms with Gasteiger partial charge in [0.05, 0.1) is 17.8 Å². The molecule has 0 radical (unpaired) electrons. The number of ether oxygens (including phenoxy) is 3. The van der Waals surface area contributed by atoms with Crippen LogP contribution in [0.4, 0.5) is 8.78 Å². The Morgan fingerprint density at radius 1 is 0.882 bits per heavy atom. The maximum atomic E-state index is 12.8. The van der Waals surface area contributed by atoms with Crippen molar-refractivity contribution in [3.8, 4) is 28.5 Å². The van der Waals surface area contributed by atoms with Gasteiger partial charge in [0.25, 0.3) is 0 Å². The van der Waals surface area contributed by atoms with Gasteiger partial charge in [-0.2, -0.15) is 8.78 Å². The minimum Gasteiger partial charge on any atom is -0.494 e. The Balaban J connectivity index is 1.59. The van der Waals surface area contributed by atoms with Crippen LogP contribution < -0.4 is 14.2 Å². The number of likely N-dealkylation sites (tertiary alicyclic amines) is 1. The number of rotatable bonds is 10. The third kappa shape index (κ3) is 6.56. The third-order valence-corrected chi connectivity index (χ3v) is 5.95. The Morgan fingerprint density at radius 3 is 2.32 bits per heavy atom. The second-order valence-electron chi connectivity index (χ2n) is 8.54. The molecule has 1 fully saturated rings. The van der Waals surface area contributed by atoms with Gasteiger partial charge in [-0.3, -0.25) is 4.90 Å². The molecule has 1 aliphatic rings. The van der Waals surface area contributed by atoms with Crippen molar-refractivity contribution in [2.45, 2.75) is 45.6 Å².